The number of hydrogen-bond acceptors (Lipinski definition) is 2. The highest BCUT2D eigenvalue weighted by molar-refractivity contribution is 5.99. The number of benzene rings is 12. The van der Waals surface area contributed by atoms with Crippen molar-refractivity contribution < 1.29 is 0 Å². The van der Waals surface area contributed by atoms with Crippen LogP contribution in [0.15, 0.2) is 301 Å². The summed E-state index contributed by atoms with van der Waals surface area (Å²) in [6.07, 6.45) is 40.1. The third-order valence-electron chi connectivity index (χ3n) is 24.4. The van der Waals surface area contributed by atoms with E-state index >= 15 is 0 Å². The smallest absolute Gasteiger partial charge is 0.0727 e. The minimum absolute atomic E-state index is 0.635. The molecule has 0 bridgehead atoms. The van der Waals surface area contributed by atoms with E-state index in [2.05, 4.69) is 339 Å². The number of aryl methyl sites for hydroxylation is 2. The second kappa shape index (κ2) is 31.1. The molecule has 4 saturated carbocycles. The Morgan fingerprint density at radius 2 is 0.486 bits per heavy atom. The lowest BCUT2D eigenvalue weighted by Crippen LogP contribution is -2.26. The van der Waals surface area contributed by atoms with Gasteiger partial charge in [-0.05, 0) is 313 Å². The van der Waals surface area contributed by atoms with E-state index in [9.17, 15) is 0 Å². The maximum atomic E-state index is 2.53. The quantitative estimate of drug-likeness (QED) is 0.0890. The molecular weight excluding hydrogens is 1310 g/mol. The summed E-state index contributed by atoms with van der Waals surface area (Å²) in [6.45, 7) is 4.37. The van der Waals surface area contributed by atoms with Gasteiger partial charge in [-0.2, -0.15) is 0 Å². The second-order valence-electron chi connectivity index (χ2n) is 31.9. The molecule has 2 nitrogen and oxygen atoms in total. The van der Waals surface area contributed by atoms with Gasteiger partial charge in [0.15, 0.2) is 0 Å². The van der Waals surface area contributed by atoms with Gasteiger partial charge in [-0.25, -0.2) is 0 Å². The molecule has 6 aliphatic rings. The molecule has 6 aliphatic carbocycles. The van der Waals surface area contributed by atoms with Crippen LogP contribution in [0.5, 0.6) is 0 Å². The Kier molecular flexibility index (Phi) is 19.8. The number of nitrogens with zero attached hydrogens (tertiary/aromatic N) is 2. The Bertz CT molecular complexity index is 4970. The van der Waals surface area contributed by atoms with Gasteiger partial charge >= 0.3 is 0 Å². The van der Waals surface area contributed by atoms with E-state index in [-0.39, 0.29) is 0 Å². The molecule has 0 radical (unpaired) electrons. The van der Waals surface area contributed by atoms with Gasteiger partial charge in [0.2, 0.25) is 0 Å². The van der Waals surface area contributed by atoms with Gasteiger partial charge in [-0.3, -0.25) is 0 Å². The van der Waals surface area contributed by atoms with Crippen molar-refractivity contribution in [1.82, 2.24) is 0 Å². The van der Waals surface area contributed by atoms with E-state index in [4.69, 9.17) is 0 Å². The van der Waals surface area contributed by atoms with E-state index in [1.165, 1.54) is 240 Å². The Labute approximate surface area is 647 Å². The fourth-order valence-electron chi connectivity index (χ4n) is 18.7. The highest BCUT2D eigenvalue weighted by Crippen LogP contribution is 2.64. The van der Waals surface area contributed by atoms with Crippen LogP contribution < -0.4 is 9.80 Å². The van der Waals surface area contributed by atoms with Crippen molar-refractivity contribution >= 4 is 81.7 Å². The van der Waals surface area contributed by atoms with E-state index < -0.39 is 5.41 Å². The van der Waals surface area contributed by atoms with Crippen molar-refractivity contribution in [2.75, 3.05) is 9.80 Å². The van der Waals surface area contributed by atoms with Crippen LogP contribution in [0.1, 0.15) is 217 Å². The zero-order chi connectivity index (χ0) is 73.0. The summed E-state index contributed by atoms with van der Waals surface area (Å²) in [5.74, 6) is 0. The van der Waals surface area contributed by atoms with Gasteiger partial charge in [0.1, 0.15) is 0 Å². The minimum atomic E-state index is -0.635. The first-order valence-electron chi connectivity index (χ1n) is 40.8. The first kappa shape index (κ1) is 69.4. The topological polar surface area (TPSA) is 6.48 Å². The van der Waals surface area contributed by atoms with Gasteiger partial charge in [-0.1, -0.05) is 290 Å². The molecule has 109 heavy (non-hydrogen) atoms. The Morgan fingerprint density at radius 3 is 0.780 bits per heavy atom. The molecule has 12 aromatic rings. The van der Waals surface area contributed by atoms with Crippen molar-refractivity contribution in [3.8, 4) is 22.3 Å². The first-order chi connectivity index (χ1) is 53.8. The normalized spacial score (nSPS) is 15.4. The number of fused-ring (bicyclic) bond motifs is 10. The van der Waals surface area contributed by atoms with Crippen LogP contribution in [-0.4, -0.2) is 0 Å². The zero-order valence-corrected chi connectivity index (χ0v) is 63.6. The zero-order valence-electron chi connectivity index (χ0n) is 63.6. The van der Waals surface area contributed by atoms with Crippen molar-refractivity contribution in [3.63, 3.8) is 0 Å². The molecule has 536 valence electrons. The molecule has 0 N–H and O–H groups in total. The van der Waals surface area contributed by atoms with E-state index in [1.807, 2.05) is 0 Å². The monoisotopic (exact) mass is 1410 g/mol. The second-order valence-corrected chi connectivity index (χ2v) is 31.9. The average Bonchev–Trinajstić information content (AvgIpc) is 1.51. The van der Waals surface area contributed by atoms with Crippen molar-refractivity contribution in [1.29, 1.82) is 0 Å². The van der Waals surface area contributed by atoms with Crippen LogP contribution in [-0.2, 0) is 5.41 Å². The van der Waals surface area contributed by atoms with E-state index in [0.717, 1.165) is 45.3 Å². The van der Waals surface area contributed by atoms with Gasteiger partial charge < -0.3 is 9.80 Å². The summed E-state index contributed by atoms with van der Waals surface area (Å²) in [4.78, 5) is 4.95. The molecule has 0 heterocycles. The molecule has 0 saturated heterocycles. The standard InChI is InChI=1S/C107H98N2/c1-75-31-55-91(56-32-75)108(93-59-43-85(44-60-93)71-101(87-47-35-81(36-48-87)67-77-19-7-3-8-20-77)88-49-37-82(38-50-88)68-78-21-9-4-10-22-78)95-63-65-99-97-27-15-17-29-103(97)107(105(99)73-95)104-30-18-16-28-98(104)100-66-64-96(74-106(100)107)109(92-57-33-76(2)34-58-92)94-61-45-86(46-62-94)72-102(89-51-39-83(40-52-89)69-79-23-11-5-12-24-79)90-53-41-84(42-54-90)70-80-25-13-6-14-26-80/h15-18,27-74H,3-14,19-26H2,1-2H3. The van der Waals surface area contributed by atoms with Gasteiger partial charge in [0.25, 0.3) is 0 Å². The van der Waals surface area contributed by atoms with Crippen LogP contribution in [0.3, 0.4) is 0 Å². The summed E-state index contributed by atoms with van der Waals surface area (Å²) < 4.78 is 0. The third kappa shape index (κ3) is 14.5. The number of rotatable bonds is 16. The maximum Gasteiger partial charge on any atom is 0.0727 e. The van der Waals surface area contributed by atoms with Crippen molar-refractivity contribution in [3.05, 3.63) is 390 Å². The summed E-state index contributed by atoms with van der Waals surface area (Å²) in [6, 6.07) is 107. The Hall–Kier alpha value is -11.3. The lowest BCUT2D eigenvalue weighted by molar-refractivity contribution is 0.602. The van der Waals surface area contributed by atoms with Gasteiger partial charge in [0, 0.05) is 34.1 Å². The summed E-state index contributed by atoms with van der Waals surface area (Å²) in [7, 11) is 0. The predicted octanol–water partition coefficient (Wildman–Crippen LogP) is 30.2. The number of anilines is 6. The van der Waals surface area contributed by atoms with Crippen LogP contribution in [0.4, 0.5) is 34.1 Å². The molecule has 1 spiro atoms. The molecule has 0 aromatic heterocycles. The van der Waals surface area contributed by atoms with Crippen LogP contribution in [0.2, 0.25) is 0 Å². The summed E-state index contributed by atoms with van der Waals surface area (Å²) in [5, 5.41) is 0. The molecule has 18 rings (SSSR count). The van der Waals surface area contributed by atoms with E-state index in [1.54, 1.807) is 22.3 Å². The molecule has 12 aromatic carbocycles. The van der Waals surface area contributed by atoms with Crippen molar-refractivity contribution in [2.45, 2.75) is 148 Å². The lowest BCUT2D eigenvalue weighted by atomic mass is 9.70. The fourth-order valence-corrected chi connectivity index (χ4v) is 18.7. The molecule has 2 heteroatoms. The minimum Gasteiger partial charge on any atom is -0.310 e. The van der Waals surface area contributed by atoms with Crippen LogP contribution >= 0.6 is 0 Å². The van der Waals surface area contributed by atoms with Crippen molar-refractivity contribution in [2.24, 2.45) is 0 Å². The molecule has 0 unspecified atom stereocenters. The Morgan fingerprint density at radius 1 is 0.239 bits per heavy atom. The van der Waals surface area contributed by atoms with Gasteiger partial charge in [0.05, 0.1) is 5.41 Å². The summed E-state index contributed by atoms with van der Waals surface area (Å²) >= 11 is 0. The number of allylic oxidation sites excluding steroid dienone is 4. The number of hydrogen-bond donors (Lipinski definition) is 0. The molecule has 0 atom stereocenters. The largest absolute Gasteiger partial charge is 0.310 e. The highest BCUT2D eigenvalue weighted by Gasteiger charge is 2.52. The maximum absolute atomic E-state index is 2.53. The van der Waals surface area contributed by atoms with Crippen LogP contribution in [0, 0.1) is 13.8 Å². The fraction of sp³-hybridized carbons (Fsp3) is 0.215. The highest BCUT2D eigenvalue weighted by atomic mass is 15.1. The van der Waals surface area contributed by atoms with Crippen LogP contribution in [0.25, 0.3) is 69.9 Å². The lowest BCUT2D eigenvalue weighted by Gasteiger charge is -2.33. The average molecular weight is 1410 g/mol. The van der Waals surface area contributed by atoms with Gasteiger partial charge in [-0.15, -0.1) is 0 Å². The van der Waals surface area contributed by atoms with E-state index in [0.29, 0.717) is 0 Å². The third-order valence-corrected chi connectivity index (χ3v) is 24.4. The Balaban J connectivity index is 0.721. The molecule has 0 aliphatic heterocycles. The molecular formula is C107H98N2. The molecule has 0 amide bonds. The molecule has 4 fully saturated rings. The first-order valence-corrected chi connectivity index (χ1v) is 40.8. The summed E-state index contributed by atoms with van der Waals surface area (Å²) in [5.41, 5.74) is 39.9. The SMILES string of the molecule is Cc1ccc(N(c2ccc(C=C(c3ccc(C=C4CCCCC4)cc3)c3ccc(C=C4CCCCC4)cc3)cc2)c2ccc3c(c2)C2(c4ccccc4-3)c3ccccc3-c3ccc(N(c4ccc(C)cc4)c4ccc(C=C(c5ccc(C=C6CCCCC6)cc5)c5ccc(C=C6CCCCC6)cc5)cc4)cc32)cc1. The predicted molar refractivity (Wildman–Crippen MR) is 466 cm³/mol.